The fourth-order valence-corrected chi connectivity index (χ4v) is 6.26. The van der Waals surface area contributed by atoms with Crippen molar-refractivity contribution in [2.24, 2.45) is 0 Å². The Morgan fingerprint density at radius 2 is 1.71 bits per heavy atom. The molecule has 4 aromatic carbocycles. The number of carbonyl (C=O) groups excluding carboxylic acids is 1. The first-order valence-electron chi connectivity index (χ1n) is 14.3. The average Bonchev–Trinajstić information content (AvgIpc) is 3.59. The van der Waals surface area contributed by atoms with Crippen LogP contribution in [0.4, 0.5) is 0 Å². The van der Waals surface area contributed by atoms with Crippen LogP contribution in [0.5, 0.6) is 17.2 Å². The predicted octanol–water partition coefficient (Wildman–Crippen LogP) is 7.53. The largest absolute Gasteiger partial charge is 0.492 e. The first kappa shape index (κ1) is 27.4. The van der Waals surface area contributed by atoms with Gasteiger partial charge in [-0.3, -0.25) is 4.79 Å². The Labute approximate surface area is 246 Å². The Balaban J connectivity index is 1.26. The second-order valence-electron chi connectivity index (χ2n) is 11.0. The van der Waals surface area contributed by atoms with Crippen LogP contribution in [0.25, 0.3) is 11.1 Å². The van der Waals surface area contributed by atoms with Gasteiger partial charge in [-0.15, -0.1) is 0 Å². The SMILES string of the molecule is COC(=O)CC1COc2cc(O[C@@H]3CCc4c3ccc(C#N)c4-c3c(C)cc(OCc4ccccc4)cc3C)ccc21. The molecule has 0 bridgehead atoms. The molecule has 0 saturated heterocycles. The Morgan fingerprint density at radius 3 is 2.45 bits per heavy atom. The lowest BCUT2D eigenvalue weighted by Crippen LogP contribution is -2.09. The van der Waals surface area contributed by atoms with Crippen LogP contribution in [0.3, 0.4) is 0 Å². The van der Waals surface area contributed by atoms with E-state index in [1.54, 1.807) is 0 Å². The van der Waals surface area contributed by atoms with Crippen molar-refractivity contribution in [3.8, 4) is 34.4 Å². The third kappa shape index (κ3) is 5.31. The molecule has 0 saturated carbocycles. The van der Waals surface area contributed by atoms with E-state index in [4.69, 9.17) is 18.9 Å². The number of methoxy groups -OCH3 is 1. The van der Waals surface area contributed by atoms with Gasteiger partial charge in [0.25, 0.3) is 0 Å². The summed E-state index contributed by atoms with van der Waals surface area (Å²) in [6, 6.07) is 26.5. The molecule has 2 aliphatic rings. The molecule has 6 nitrogen and oxygen atoms in total. The maximum Gasteiger partial charge on any atom is 0.306 e. The predicted molar refractivity (Wildman–Crippen MR) is 160 cm³/mol. The van der Waals surface area contributed by atoms with Crippen molar-refractivity contribution in [2.75, 3.05) is 13.7 Å². The summed E-state index contributed by atoms with van der Waals surface area (Å²) in [5.41, 5.74) is 9.29. The summed E-state index contributed by atoms with van der Waals surface area (Å²) in [4.78, 5) is 11.8. The molecule has 2 atom stereocenters. The number of carbonyl (C=O) groups is 1. The highest BCUT2D eigenvalue weighted by Crippen LogP contribution is 2.45. The molecular weight excluding hydrogens is 526 g/mol. The van der Waals surface area contributed by atoms with Crippen molar-refractivity contribution in [3.05, 3.63) is 112 Å². The zero-order chi connectivity index (χ0) is 29.2. The van der Waals surface area contributed by atoms with Crippen molar-refractivity contribution in [1.29, 1.82) is 5.26 Å². The van der Waals surface area contributed by atoms with Gasteiger partial charge in [-0.05, 0) is 84.3 Å². The summed E-state index contributed by atoms with van der Waals surface area (Å²) < 4.78 is 23.3. The van der Waals surface area contributed by atoms with E-state index in [-0.39, 0.29) is 18.0 Å². The number of fused-ring (bicyclic) bond motifs is 2. The maximum absolute atomic E-state index is 11.8. The van der Waals surface area contributed by atoms with Crippen molar-refractivity contribution in [1.82, 2.24) is 0 Å². The third-order valence-electron chi connectivity index (χ3n) is 8.26. The van der Waals surface area contributed by atoms with Crippen LogP contribution in [0, 0.1) is 25.2 Å². The standard InChI is InChI=1S/C36H33NO5/c1-22-15-28(40-20-24-7-5-4-6-8-24)16-23(2)35(22)36-25(19-37)9-11-30-31(36)13-14-32(30)42-27-10-12-29-26(17-34(38)39-3)21-41-33(29)18-27/h4-12,15-16,18,26,32H,13-14,17,20-21H2,1-3H3/t26?,32-/m1/s1. The molecule has 1 heterocycles. The van der Waals surface area contributed by atoms with Crippen LogP contribution in [-0.4, -0.2) is 19.7 Å². The van der Waals surface area contributed by atoms with Crippen molar-refractivity contribution in [2.45, 2.75) is 51.7 Å². The van der Waals surface area contributed by atoms with Crippen LogP contribution in [-0.2, 0) is 22.6 Å². The molecule has 42 heavy (non-hydrogen) atoms. The molecule has 1 unspecified atom stereocenters. The monoisotopic (exact) mass is 559 g/mol. The quantitative estimate of drug-likeness (QED) is 0.208. The van der Waals surface area contributed by atoms with Crippen LogP contribution in [0.1, 0.15) is 63.8 Å². The molecule has 0 radical (unpaired) electrons. The lowest BCUT2D eigenvalue weighted by molar-refractivity contribution is -0.141. The van der Waals surface area contributed by atoms with Crippen LogP contribution in [0.15, 0.2) is 72.8 Å². The van der Waals surface area contributed by atoms with Gasteiger partial charge >= 0.3 is 5.97 Å². The Bertz CT molecular complexity index is 1660. The summed E-state index contributed by atoms with van der Waals surface area (Å²) in [5.74, 6) is 2.04. The van der Waals surface area contributed by atoms with Gasteiger partial charge in [0.1, 0.15) is 30.0 Å². The molecule has 6 rings (SSSR count). The van der Waals surface area contributed by atoms with E-state index in [0.717, 1.165) is 69.0 Å². The molecule has 212 valence electrons. The third-order valence-corrected chi connectivity index (χ3v) is 8.26. The van der Waals surface area contributed by atoms with E-state index < -0.39 is 0 Å². The molecule has 4 aromatic rings. The lowest BCUT2D eigenvalue weighted by Gasteiger charge is -2.19. The summed E-state index contributed by atoms with van der Waals surface area (Å²) in [5, 5.41) is 10.1. The summed E-state index contributed by atoms with van der Waals surface area (Å²) in [6.45, 7) is 5.12. The van der Waals surface area contributed by atoms with Gasteiger partial charge in [-0.1, -0.05) is 42.5 Å². The number of rotatable bonds is 8. The van der Waals surface area contributed by atoms with Gasteiger partial charge in [0.2, 0.25) is 0 Å². The minimum Gasteiger partial charge on any atom is -0.492 e. The van der Waals surface area contributed by atoms with Gasteiger partial charge < -0.3 is 18.9 Å². The van der Waals surface area contributed by atoms with Crippen molar-refractivity contribution < 1.29 is 23.7 Å². The molecule has 1 aliphatic carbocycles. The first-order chi connectivity index (χ1) is 20.4. The van der Waals surface area contributed by atoms with Gasteiger partial charge in [-0.25, -0.2) is 0 Å². The molecular formula is C36H33NO5. The molecule has 0 N–H and O–H groups in total. The number of aryl methyl sites for hydroxylation is 2. The highest BCUT2D eigenvalue weighted by Gasteiger charge is 2.31. The maximum atomic E-state index is 11.8. The summed E-state index contributed by atoms with van der Waals surface area (Å²) >= 11 is 0. The Hall–Kier alpha value is -4.76. The highest BCUT2D eigenvalue weighted by molar-refractivity contribution is 5.81. The minimum atomic E-state index is -0.244. The second kappa shape index (κ2) is 11.6. The molecule has 0 fully saturated rings. The van der Waals surface area contributed by atoms with E-state index >= 15 is 0 Å². The molecule has 0 amide bonds. The van der Waals surface area contributed by atoms with E-state index in [2.05, 4.69) is 44.2 Å². The smallest absolute Gasteiger partial charge is 0.306 e. The molecule has 0 aromatic heterocycles. The van der Waals surface area contributed by atoms with Gasteiger partial charge in [0, 0.05) is 23.1 Å². The molecule has 1 aliphatic heterocycles. The minimum absolute atomic E-state index is 0.0118. The van der Waals surface area contributed by atoms with E-state index in [1.165, 1.54) is 12.7 Å². The summed E-state index contributed by atoms with van der Waals surface area (Å²) in [7, 11) is 1.40. The average molecular weight is 560 g/mol. The first-order valence-corrected chi connectivity index (χ1v) is 14.3. The van der Waals surface area contributed by atoms with Gasteiger partial charge in [0.15, 0.2) is 0 Å². The van der Waals surface area contributed by atoms with Crippen LogP contribution < -0.4 is 14.2 Å². The Morgan fingerprint density at radius 1 is 0.952 bits per heavy atom. The van der Waals surface area contributed by atoms with Crippen LogP contribution in [0.2, 0.25) is 0 Å². The van der Waals surface area contributed by atoms with Gasteiger partial charge in [-0.2, -0.15) is 5.26 Å². The molecule has 0 spiro atoms. The number of nitrogens with zero attached hydrogens (tertiary/aromatic N) is 1. The van der Waals surface area contributed by atoms with Gasteiger partial charge in [0.05, 0.1) is 31.8 Å². The molecule has 6 heteroatoms. The Kier molecular flexibility index (Phi) is 7.58. The number of esters is 1. The normalized spacial score (nSPS) is 16.6. The second-order valence-corrected chi connectivity index (χ2v) is 11.0. The number of ether oxygens (including phenoxy) is 4. The zero-order valence-electron chi connectivity index (χ0n) is 24.1. The summed E-state index contributed by atoms with van der Waals surface area (Å²) in [6.07, 6.45) is 1.79. The number of hydrogen-bond acceptors (Lipinski definition) is 6. The highest BCUT2D eigenvalue weighted by atomic mass is 16.5. The zero-order valence-corrected chi connectivity index (χ0v) is 24.1. The topological polar surface area (TPSA) is 77.8 Å². The fraction of sp³-hybridized carbons (Fsp3) is 0.278. The lowest BCUT2D eigenvalue weighted by atomic mass is 9.87. The number of hydrogen-bond donors (Lipinski definition) is 0. The van der Waals surface area contributed by atoms with E-state index in [1.807, 2.05) is 48.5 Å². The fourth-order valence-electron chi connectivity index (χ4n) is 6.26. The van der Waals surface area contributed by atoms with Crippen molar-refractivity contribution in [3.63, 3.8) is 0 Å². The van der Waals surface area contributed by atoms with Crippen molar-refractivity contribution >= 4 is 5.97 Å². The van der Waals surface area contributed by atoms with E-state index in [0.29, 0.717) is 25.2 Å². The van der Waals surface area contributed by atoms with E-state index in [9.17, 15) is 10.1 Å². The number of benzene rings is 4. The van der Waals surface area contributed by atoms with Crippen LogP contribution >= 0.6 is 0 Å². The number of nitriles is 1.